The molecule has 0 unspecified atom stereocenters. The van der Waals surface area contributed by atoms with Crippen molar-refractivity contribution < 1.29 is 9.59 Å². The predicted molar refractivity (Wildman–Crippen MR) is 117 cm³/mol. The van der Waals surface area contributed by atoms with Gasteiger partial charge in [-0.3, -0.25) is 9.59 Å². The van der Waals surface area contributed by atoms with Gasteiger partial charge in [-0.1, -0.05) is 32.9 Å². The fraction of sp³-hybridized carbons (Fsp3) is 0.261. The number of benzene rings is 1. The molecule has 0 bridgehead atoms. The average Bonchev–Trinajstić information content (AvgIpc) is 3.31. The summed E-state index contributed by atoms with van der Waals surface area (Å²) in [6, 6.07) is 11.5. The molecule has 0 fully saturated rings. The molecule has 2 amide bonds. The van der Waals surface area contributed by atoms with Crippen LogP contribution in [0.1, 0.15) is 43.1 Å². The van der Waals surface area contributed by atoms with Crippen LogP contribution in [0.15, 0.2) is 55.0 Å². The first-order chi connectivity index (χ1) is 14.3. The first-order valence-electron chi connectivity index (χ1n) is 9.91. The van der Waals surface area contributed by atoms with Crippen LogP contribution in [-0.2, 0) is 11.3 Å². The standard InChI is InChI=1S/C23H25N5O2/c1-23(2,3)12-21(29)27-16-8-10-28-20(11-16)18(14-26-28)22(30)25-13-15-5-4-6-19-17(15)7-9-24-19/h4-11,14,24H,12-13H2,1-3H3,(H,25,30)(H,27,29). The Bertz CT molecular complexity index is 1230. The normalized spacial score (nSPS) is 11.7. The molecule has 0 saturated carbocycles. The van der Waals surface area contributed by atoms with Crippen LogP contribution in [0.5, 0.6) is 0 Å². The molecule has 0 aliphatic rings. The van der Waals surface area contributed by atoms with E-state index < -0.39 is 0 Å². The second-order valence-electron chi connectivity index (χ2n) is 8.63. The zero-order chi connectivity index (χ0) is 21.3. The van der Waals surface area contributed by atoms with Crippen molar-refractivity contribution >= 4 is 33.9 Å². The third kappa shape index (κ3) is 4.20. The summed E-state index contributed by atoms with van der Waals surface area (Å²) < 4.78 is 1.63. The number of pyridine rings is 1. The maximum Gasteiger partial charge on any atom is 0.255 e. The van der Waals surface area contributed by atoms with Gasteiger partial charge in [-0.25, -0.2) is 4.52 Å². The van der Waals surface area contributed by atoms with Crippen molar-refractivity contribution in [2.75, 3.05) is 5.32 Å². The van der Waals surface area contributed by atoms with Crippen molar-refractivity contribution in [1.29, 1.82) is 0 Å². The third-order valence-corrected chi connectivity index (χ3v) is 4.87. The second-order valence-corrected chi connectivity index (χ2v) is 8.63. The topological polar surface area (TPSA) is 91.3 Å². The Hall–Kier alpha value is -3.61. The zero-order valence-electron chi connectivity index (χ0n) is 17.3. The zero-order valence-corrected chi connectivity index (χ0v) is 17.3. The molecule has 0 aliphatic heterocycles. The number of hydrogen-bond donors (Lipinski definition) is 3. The number of nitrogens with zero attached hydrogens (tertiary/aromatic N) is 2. The van der Waals surface area contributed by atoms with Crippen molar-refractivity contribution in [2.24, 2.45) is 5.41 Å². The maximum atomic E-state index is 12.8. The lowest BCUT2D eigenvalue weighted by Crippen LogP contribution is -2.22. The van der Waals surface area contributed by atoms with E-state index in [1.165, 1.54) is 0 Å². The van der Waals surface area contributed by atoms with E-state index in [1.807, 2.05) is 51.2 Å². The van der Waals surface area contributed by atoms with Crippen LogP contribution in [0.2, 0.25) is 0 Å². The number of anilines is 1. The molecule has 154 valence electrons. The summed E-state index contributed by atoms with van der Waals surface area (Å²) in [4.78, 5) is 28.3. The number of fused-ring (bicyclic) bond motifs is 2. The first kappa shape index (κ1) is 19.7. The highest BCUT2D eigenvalue weighted by atomic mass is 16.2. The molecule has 7 heteroatoms. The Morgan fingerprint density at radius 2 is 2.00 bits per heavy atom. The summed E-state index contributed by atoms with van der Waals surface area (Å²) in [6.45, 7) is 6.46. The number of H-pyrrole nitrogens is 1. The minimum Gasteiger partial charge on any atom is -0.361 e. The maximum absolute atomic E-state index is 12.8. The summed E-state index contributed by atoms with van der Waals surface area (Å²) in [7, 11) is 0. The van der Waals surface area contributed by atoms with Crippen LogP contribution in [0.25, 0.3) is 16.4 Å². The minimum atomic E-state index is -0.212. The number of nitrogens with one attached hydrogen (secondary N) is 3. The molecule has 0 radical (unpaired) electrons. The predicted octanol–water partition coefficient (Wildman–Crippen LogP) is 4.12. The highest BCUT2D eigenvalue weighted by Gasteiger charge is 2.17. The Labute approximate surface area is 174 Å². The summed E-state index contributed by atoms with van der Waals surface area (Å²) in [5.74, 6) is -0.271. The van der Waals surface area contributed by atoms with Gasteiger partial charge in [0.2, 0.25) is 5.91 Å². The SMILES string of the molecule is CC(C)(C)CC(=O)Nc1ccn2ncc(C(=O)NCc3cccc4[nH]ccc34)c2c1. The summed E-state index contributed by atoms with van der Waals surface area (Å²) in [5.41, 5.74) is 3.72. The fourth-order valence-electron chi connectivity index (χ4n) is 3.50. The molecule has 3 aromatic heterocycles. The van der Waals surface area contributed by atoms with Gasteiger partial charge in [0.25, 0.3) is 5.91 Å². The van der Waals surface area contributed by atoms with E-state index >= 15 is 0 Å². The number of carbonyl (C=O) groups excluding carboxylic acids is 2. The Morgan fingerprint density at radius 1 is 1.17 bits per heavy atom. The van der Waals surface area contributed by atoms with Crippen LogP contribution < -0.4 is 10.6 Å². The summed E-state index contributed by atoms with van der Waals surface area (Å²) >= 11 is 0. The largest absolute Gasteiger partial charge is 0.361 e. The van der Waals surface area contributed by atoms with Gasteiger partial charge in [0.05, 0.1) is 17.3 Å². The van der Waals surface area contributed by atoms with Crippen molar-refractivity contribution in [3.8, 4) is 0 Å². The van der Waals surface area contributed by atoms with Gasteiger partial charge in [0.15, 0.2) is 0 Å². The monoisotopic (exact) mass is 403 g/mol. The van der Waals surface area contributed by atoms with E-state index in [0.717, 1.165) is 16.5 Å². The molecule has 0 saturated heterocycles. The van der Waals surface area contributed by atoms with Crippen LogP contribution in [0.4, 0.5) is 5.69 Å². The highest BCUT2D eigenvalue weighted by molar-refractivity contribution is 6.01. The Kier molecular flexibility index (Phi) is 5.03. The summed E-state index contributed by atoms with van der Waals surface area (Å²) in [6.07, 6.45) is 5.58. The molecule has 30 heavy (non-hydrogen) atoms. The number of carbonyl (C=O) groups is 2. The van der Waals surface area contributed by atoms with Crippen LogP contribution in [0, 0.1) is 5.41 Å². The van der Waals surface area contributed by atoms with Gasteiger partial charge in [-0.15, -0.1) is 0 Å². The van der Waals surface area contributed by atoms with Crippen LogP contribution >= 0.6 is 0 Å². The highest BCUT2D eigenvalue weighted by Crippen LogP contribution is 2.21. The molecule has 1 aromatic carbocycles. The van der Waals surface area contributed by atoms with E-state index in [4.69, 9.17) is 0 Å². The van der Waals surface area contributed by atoms with Crippen molar-refractivity contribution in [2.45, 2.75) is 33.7 Å². The minimum absolute atomic E-state index is 0.0584. The van der Waals surface area contributed by atoms with Gasteiger partial charge in [-0.05, 0) is 35.2 Å². The number of aromatic nitrogens is 3. The average molecular weight is 403 g/mol. The van der Waals surface area contributed by atoms with E-state index in [0.29, 0.717) is 29.7 Å². The van der Waals surface area contributed by atoms with Crippen molar-refractivity contribution in [3.05, 3.63) is 66.1 Å². The molecule has 0 spiro atoms. The number of hydrogen-bond acceptors (Lipinski definition) is 3. The fourth-order valence-corrected chi connectivity index (χ4v) is 3.50. The van der Waals surface area contributed by atoms with Crippen molar-refractivity contribution in [1.82, 2.24) is 19.9 Å². The molecule has 4 aromatic rings. The van der Waals surface area contributed by atoms with E-state index in [1.54, 1.807) is 29.0 Å². The third-order valence-electron chi connectivity index (χ3n) is 4.87. The number of aromatic amines is 1. The lowest BCUT2D eigenvalue weighted by Gasteiger charge is -2.17. The molecule has 0 aliphatic carbocycles. The van der Waals surface area contributed by atoms with Gasteiger partial charge in [0.1, 0.15) is 0 Å². The molecular formula is C23H25N5O2. The molecule has 7 nitrogen and oxygen atoms in total. The quantitative estimate of drug-likeness (QED) is 0.468. The van der Waals surface area contributed by atoms with Gasteiger partial charge in [0, 0.05) is 41.9 Å². The Balaban J connectivity index is 1.51. The lowest BCUT2D eigenvalue weighted by molar-refractivity contribution is -0.117. The second kappa shape index (κ2) is 7.67. The Morgan fingerprint density at radius 3 is 2.80 bits per heavy atom. The summed E-state index contributed by atoms with van der Waals surface area (Å²) in [5, 5.41) is 11.2. The lowest BCUT2D eigenvalue weighted by atomic mass is 9.92. The first-order valence-corrected chi connectivity index (χ1v) is 9.91. The van der Waals surface area contributed by atoms with Crippen LogP contribution in [-0.4, -0.2) is 26.4 Å². The molecule has 3 heterocycles. The molecule has 4 rings (SSSR count). The van der Waals surface area contributed by atoms with Gasteiger partial charge in [-0.2, -0.15) is 5.10 Å². The smallest absolute Gasteiger partial charge is 0.255 e. The molecule has 3 N–H and O–H groups in total. The molecule has 0 atom stereocenters. The van der Waals surface area contributed by atoms with E-state index in [2.05, 4.69) is 20.7 Å². The van der Waals surface area contributed by atoms with Gasteiger partial charge < -0.3 is 15.6 Å². The van der Waals surface area contributed by atoms with Gasteiger partial charge >= 0.3 is 0 Å². The van der Waals surface area contributed by atoms with Crippen molar-refractivity contribution in [3.63, 3.8) is 0 Å². The molecular weight excluding hydrogens is 378 g/mol. The number of amides is 2. The number of rotatable bonds is 5. The van der Waals surface area contributed by atoms with E-state index in [-0.39, 0.29) is 17.2 Å². The van der Waals surface area contributed by atoms with E-state index in [9.17, 15) is 9.59 Å². The van der Waals surface area contributed by atoms with Crippen LogP contribution in [0.3, 0.4) is 0 Å².